The smallest absolute Gasteiger partial charge is 0.407 e. The monoisotopic (exact) mass is 330 g/mol. The molecule has 0 saturated carbocycles. The number of nitro benzene ring substituents is 1. The molecule has 0 atom stereocenters. The van der Waals surface area contributed by atoms with Crippen molar-refractivity contribution in [1.82, 2.24) is 5.32 Å². The number of alkyl carbamates (subject to hydrolysis) is 1. The number of nitro groups is 1. The van der Waals surface area contributed by atoms with Crippen molar-refractivity contribution in [2.75, 3.05) is 13.2 Å². The molecule has 0 aliphatic carbocycles. The van der Waals surface area contributed by atoms with Gasteiger partial charge in [-0.15, -0.1) is 0 Å². The number of carbonyl (C=O) groups excluding carboxylic acids is 1. The second-order valence-electron chi connectivity index (χ2n) is 5.50. The van der Waals surface area contributed by atoms with Crippen molar-refractivity contribution in [3.8, 4) is 5.75 Å². The van der Waals surface area contributed by atoms with E-state index in [1.807, 2.05) is 0 Å². The molecule has 0 saturated heterocycles. The Labute approximate surface area is 133 Å². The third-order valence-electron chi connectivity index (χ3n) is 2.37. The molecule has 22 heavy (non-hydrogen) atoms. The van der Waals surface area contributed by atoms with Gasteiger partial charge in [-0.25, -0.2) is 4.79 Å². The standard InChI is InChI=1S/C14H19ClN2O5/c1-14(2,3)22-13(18)16-7-4-8-21-12-9-10(17(19)20)5-6-11(12)15/h5-6,9H,4,7-8H2,1-3H3,(H,16,18). The highest BCUT2D eigenvalue weighted by Crippen LogP contribution is 2.28. The molecule has 0 aliphatic heterocycles. The summed E-state index contributed by atoms with van der Waals surface area (Å²) in [6.07, 6.45) is 0.0130. The number of benzene rings is 1. The van der Waals surface area contributed by atoms with E-state index >= 15 is 0 Å². The van der Waals surface area contributed by atoms with Crippen molar-refractivity contribution >= 4 is 23.4 Å². The number of halogens is 1. The van der Waals surface area contributed by atoms with Crippen LogP contribution in [0.3, 0.4) is 0 Å². The molecule has 1 N–H and O–H groups in total. The van der Waals surface area contributed by atoms with Gasteiger partial charge in [0.15, 0.2) is 0 Å². The Morgan fingerprint density at radius 1 is 1.41 bits per heavy atom. The SMILES string of the molecule is CC(C)(C)OC(=O)NCCCOc1cc([N+](=O)[O-])ccc1Cl. The van der Waals surface area contributed by atoms with E-state index in [1.165, 1.54) is 18.2 Å². The van der Waals surface area contributed by atoms with Gasteiger partial charge in [0.05, 0.1) is 22.6 Å². The zero-order chi connectivity index (χ0) is 16.8. The van der Waals surface area contributed by atoms with Crippen molar-refractivity contribution in [3.05, 3.63) is 33.3 Å². The van der Waals surface area contributed by atoms with Crippen LogP contribution in [0.25, 0.3) is 0 Å². The summed E-state index contributed by atoms with van der Waals surface area (Å²) in [4.78, 5) is 21.6. The molecule has 0 spiro atoms. The molecule has 0 radical (unpaired) electrons. The fourth-order valence-electron chi connectivity index (χ4n) is 1.48. The number of non-ortho nitro benzene ring substituents is 1. The average Bonchev–Trinajstić information content (AvgIpc) is 2.37. The summed E-state index contributed by atoms with van der Waals surface area (Å²) in [7, 11) is 0. The van der Waals surface area contributed by atoms with Crippen LogP contribution < -0.4 is 10.1 Å². The van der Waals surface area contributed by atoms with E-state index < -0.39 is 16.6 Å². The maximum absolute atomic E-state index is 11.4. The van der Waals surface area contributed by atoms with E-state index in [0.29, 0.717) is 18.0 Å². The minimum Gasteiger partial charge on any atom is -0.492 e. The van der Waals surface area contributed by atoms with Crippen LogP contribution in [0.1, 0.15) is 27.2 Å². The Bertz CT molecular complexity index is 543. The van der Waals surface area contributed by atoms with Crippen LogP contribution in [0.2, 0.25) is 5.02 Å². The van der Waals surface area contributed by atoms with E-state index in [0.717, 1.165) is 0 Å². The molecule has 0 heterocycles. The second kappa shape index (κ2) is 7.84. The van der Waals surface area contributed by atoms with Crippen LogP contribution in [-0.2, 0) is 4.74 Å². The quantitative estimate of drug-likeness (QED) is 0.489. The molecular weight excluding hydrogens is 312 g/mol. The molecule has 1 aromatic rings. The zero-order valence-corrected chi connectivity index (χ0v) is 13.5. The highest BCUT2D eigenvalue weighted by molar-refractivity contribution is 6.32. The number of ether oxygens (including phenoxy) is 2. The first kappa shape index (κ1) is 18.0. The predicted octanol–water partition coefficient (Wildman–Crippen LogP) is 3.54. The van der Waals surface area contributed by atoms with Crippen molar-refractivity contribution in [2.24, 2.45) is 0 Å². The Morgan fingerprint density at radius 2 is 2.09 bits per heavy atom. The van der Waals surface area contributed by atoms with Crippen molar-refractivity contribution in [3.63, 3.8) is 0 Å². The zero-order valence-electron chi connectivity index (χ0n) is 12.7. The van der Waals surface area contributed by atoms with Crippen LogP contribution in [0.5, 0.6) is 5.75 Å². The number of nitrogens with zero attached hydrogens (tertiary/aromatic N) is 1. The minimum absolute atomic E-state index is 0.0914. The number of nitrogens with one attached hydrogen (secondary N) is 1. The van der Waals surface area contributed by atoms with Gasteiger partial charge in [-0.2, -0.15) is 0 Å². The van der Waals surface area contributed by atoms with E-state index in [1.54, 1.807) is 20.8 Å². The maximum atomic E-state index is 11.4. The van der Waals surface area contributed by atoms with Gasteiger partial charge >= 0.3 is 6.09 Å². The summed E-state index contributed by atoms with van der Waals surface area (Å²) in [6, 6.07) is 3.98. The Kier molecular flexibility index (Phi) is 6.42. The summed E-state index contributed by atoms with van der Waals surface area (Å²) in [6.45, 7) is 5.96. The maximum Gasteiger partial charge on any atom is 0.407 e. The minimum atomic E-state index is -0.545. The molecule has 0 aliphatic rings. The van der Waals surface area contributed by atoms with E-state index in [-0.39, 0.29) is 18.0 Å². The molecule has 0 aromatic heterocycles. The normalized spacial score (nSPS) is 10.9. The lowest BCUT2D eigenvalue weighted by Crippen LogP contribution is -2.33. The Morgan fingerprint density at radius 3 is 2.68 bits per heavy atom. The third-order valence-corrected chi connectivity index (χ3v) is 2.68. The lowest BCUT2D eigenvalue weighted by Gasteiger charge is -2.19. The molecule has 0 unspecified atom stereocenters. The lowest BCUT2D eigenvalue weighted by atomic mass is 10.2. The van der Waals surface area contributed by atoms with E-state index in [9.17, 15) is 14.9 Å². The molecule has 7 nitrogen and oxygen atoms in total. The molecule has 1 aromatic carbocycles. The fourth-order valence-corrected chi connectivity index (χ4v) is 1.65. The number of hydrogen-bond donors (Lipinski definition) is 1. The number of amides is 1. The van der Waals surface area contributed by atoms with Gasteiger partial charge in [-0.05, 0) is 33.3 Å². The second-order valence-corrected chi connectivity index (χ2v) is 5.91. The fraction of sp³-hybridized carbons (Fsp3) is 0.500. The third kappa shape index (κ3) is 6.62. The lowest BCUT2D eigenvalue weighted by molar-refractivity contribution is -0.384. The molecule has 0 fully saturated rings. The van der Waals surface area contributed by atoms with Crippen molar-refractivity contribution in [1.29, 1.82) is 0 Å². The largest absolute Gasteiger partial charge is 0.492 e. The predicted molar refractivity (Wildman–Crippen MR) is 82.5 cm³/mol. The van der Waals surface area contributed by atoms with Crippen LogP contribution in [0.4, 0.5) is 10.5 Å². The molecule has 0 bridgehead atoms. The first-order valence-corrected chi connectivity index (χ1v) is 7.10. The van der Waals surface area contributed by atoms with Gasteiger partial charge in [0.1, 0.15) is 11.4 Å². The van der Waals surface area contributed by atoms with Gasteiger partial charge in [0.25, 0.3) is 5.69 Å². The van der Waals surface area contributed by atoms with Crippen LogP contribution in [-0.4, -0.2) is 29.8 Å². The van der Waals surface area contributed by atoms with Crippen molar-refractivity contribution < 1.29 is 19.2 Å². The van der Waals surface area contributed by atoms with Gasteiger partial charge in [0.2, 0.25) is 0 Å². The Balaban J connectivity index is 2.35. The van der Waals surface area contributed by atoms with Gasteiger partial charge in [-0.1, -0.05) is 11.6 Å². The highest BCUT2D eigenvalue weighted by atomic mass is 35.5. The Hall–Kier alpha value is -2.02. The summed E-state index contributed by atoms with van der Waals surface area (Å²) in [5.41, 5.74) is -0.636. The first-order valence-electron chi connectivity index (χ1n) is 6.72. The van der Waals surface area contributed by atoms with Crippen LogP contribution in [0.15, 0.2) is 18.2 Å². The summed E-state index contributed by atoms with van der Waals surface area (Å²) >= 11 is 5.90. The topological polar surface area (TPSA) is 90.7 Å². The first-order chi connectivity index (χ1) is 10.2. The molecule has 1 rings (SSSR count). The summed E-state index contributed by atoms with van der Waals surface area (Å²) in [5.74, 6) is 0.244. The van der Waals surface area contributed by atoms with Crippen molar-refractivity contribution in [2.45, 2.75) is 32.8 Å². The number of hydrogen-bond acceptors (Lipinski definition) is 5. The summed E-state index contributed by atoms with van der Waals surface area (Å²) in [5, 5.41) is 13.6. The van der Waals surface area contributed by atoms with Gasteiger partial charge in [0, 0.05) is 12.6 Å². The number of rotatable bonds is 6. The van der Waals surface area contributed by atoms with Crippen LogP contribution >= 0.6 is 11.6 Å². The van der Waals surface area contributed by atoms with Gasteiger partial charge in [-0.3, -0.25) is 10.1 Å². The number of carbonyl (C=O) groups is 1. The molecule has 8 heteroatoms. The highest BCUT2D eigenvalue weighted by Gasteiger charge is 2.15. The summed E-state index contributed by atoms with van der Waals surface area (Å²) < 4.78 is 10.5. The average molecular weight is 331 g/mol. The molecular formula is C14H19ClN2O5. The molecule has 122 valence electrons. The van der Waals surface area contributed by atoms with Gasteiger partial charge < -0.3 is 14.8 Å². The van der Waals surface area contributed by atoms with Crippen LogP contribution in [0, 0.1) is 10.1 Å². The van der Waals surface area contributed by atoms with E-state index in [4.69, 9.17) is 21.1 Å². The van der Waals surface area contributed by atoms with E-state index in [2.05, 4.69) is 5.32 Å². The molecule has 1 amide bonds.